The molecule has 0 radical (unpaired) electrons. The molecule has 4 aliphatic rings. The van der Waals surface area contributed by atoms with Gasteiger partial charge in [-0.15, -0.1) is 47.9 Å². The summed E-state index contributed by atoms with van der Waals surface area (Å²) in [5.41, 5.74) is 8.22. The molecule has 0 saturated heterocycles. The topological polar surface area (TPSA) is 24.7 Å². The van der Waals surface area contributed by atoms with Crippen LogP contribution in [0, 0.1) is 16.2 Å². The monoisotopic (exact) mass is 794 g/mol. The number of thiol groups is 2. The number of hydrogen-bond acceptors (Lipinski definition) is 6. The van der Waals surface area contributed by atoms with Crippen molar-refractivity contribution >= 4 is 74.7 Å². The van der Waals surface area contributed by atoms with Crippen molar-refractivity contribution in [2.45, 2.75) is 179 Å². The van der Waals surface area contributed by atoms with Crippen LogP contribution in [0.15, 0.2) is 54.7 Å². The molecule has 2 aliphatic heterocycles. The van der Waals surface area contributed by atoms with Crippen LogP contribution in [0.1, 0.15) is 150 Å². The summed E-state index contributed by atoms with van der Waals surface area (Å²) < 4.78 is 0. The van der Waals surface area contributed by atoms with Crippen LogP contribution in [0.3, 0.4) is 0 Å². The summed E-state index contributed by atoms with van der Waals surface area (Å²) in [4.78, 5) is 19.3. The number of rotatable bonds is 12. The highest BCUT2D eigenvalue weighted by Crippen LogP contribution is 2.53. The lowest BCUT2D eigenvalue weighted by Crippen LogP contribution is -2.34. The molecule has 4 heterocycles. The lowest BCUT2D eigenvalue weighted by molar-refractivity contribution is 0.166. The van der Waals surface area contributed by atoms with Crippen molar-refractivity contribution in [1.82, 2.24) is 0 Å². The van der Waals surface area contributed by atoms with Gasteiger partial charge in [0.05, 0.1) is 0 Å². The predicted octanol–water partition coefficient (Wildman–Crippen LogP) is 14.4. The Morgan fingerprint density at radius 2 is 1.02 bits per heavy atom. The lowest BCUT2D eigenvalue weighted by atomic mass is 9.66. The summed E-state index contributed by atoms with van der Waals surface area (Å²) in [6, 6.07) is 4.83. The van der Waals surface area contributed by atoms with Crippen LogP contribution in [0.25, 0.3) is 0 Å². The summed E-state index contributed by atoms with van der Waals surface area (Å²) in [5, 5.41) is 2.79. The fraction of sp³-hybridized carbons (Fsp3) is 0.674. The highest BCUT2D eigenvalue weighted by atomic mass is 32.1. The van der Waals surface area contributed by atoms with Crippen LogP contribution in [0.5, 0.6) is 0 Å². The molecule has 8 heteroatoms. The van der Waals surface area contributed by atoms with E-state index >= 15 is 0 Å². The van der Waals surface area contributed by atoms with Crippen molar-refractivity contribution in [2.75, 3.05) is 0 Å². The van der Waals surface area contributed by atoms with E-state index in [1.54, 1.807) is 9.75 Å². The minimum absolute atomic E-state index is 0.224. The summed E-state index contributed by atoms with van der Waals surface area (Å²) in [5.74, 6) is 1.26. The van der Waals surface area contributed by atoms with Gasteiger partial charge in [0.2, 0.25) is 0 Å². The second-order valence-corrected chi connectivity index (χ2v) is 30.8. The minimum atomic E-state index is -1.84. The first-order valence-electron chi connectivity index (χ1n) is 20.2. The third-order valence-electron chi connectivity index (χ3n) is 13.7. The normalized spacial score (nSPS) is 23.8. The van der Waals surface area contributed by atoms with E-state index in [4.69, 9.17) is 35.2 Å². The van der Waals surface area contributed by atoms with E-state index in [1.807, 2.05) is 22.7 Å². The Morgan fingerprint density at radius 1 is 0.667 bits per heavy atom. The second-order valence-electron chi connectivity index (χ2n) is 18.9. The Balaban J connectivity index is 1.21. The van der Waals surface area contributed by atoms with Crippen LogP contribution < -0.4 is 0 Å². The standard InChI is InChI=1S/C43H66N2S4Si2/c1-11-29(42(5)19-15-13-16-20-42)33-23-31(46)35(48-33)25-39-44-37(27-50(39,7)8)41(3,4)38-28-51(9,10)40(45-38)26-36-32(47)24-34(49-36)30(12-2)43(6)21-17-14-18-22-43/h23-24,27-30,46-47H,11-22,25-26H2,1-10H3. The van der Waals surface area contributed by atoms with Gasteiger partial charge in [-0.25, -0.2) is 0 Å². The Hall–Kier alpha value is -0.646. The fourth-order valence-corrected chi connectivity index (χ4v) is 18.7. The third kappa shape index (κ3) is 8.04. The van der Waals surface area contributed by atoms with E-state index in [0.717, 1.165) is 12.8 Å². The van der Waals surface area contributed by atoms with Crippen molar-refractivity contribution in [3.8, 4) is 0 Å². The quantitative estimate of drug-likeness (QED) is 0.158. The average molecular weight is 795 g/mol. The SMILES string of the molecule is CCC(c1cc(S)c(CC2=NC(C(C)(C)C3=C[Si](C)(C)C(Cc4sc(C(CC)C5(C)CCCCC5)cc4S)=N3)=C[Si]2(C)C)s1)C1(C)CCCCC1. The molecule has 2 fully saturated rings. The molecule has 2 aromatic rings. The largest absolute Gasteiger partial charge is 0.266 e. The van der Waals surface area contributed by atoms with Gasteiger partial charge in [-0.1, -0.05) is 104 Å². The van der Waals surface area contributed by atoms with Crippen molar-refractivity contribution in [2.24, 2.45) is 26.2 Å². The molecule has 280 valence electrons. The molecular weight excluding hydrogens is 729 g/mol. The average Bonchev–Trinajstić information content (AvgIpc) is 3.78. The van der Waals surface area contributed by atoms with E-state index in [0.29, 0.717) is 22.7 Å². The first kappa shape index (κ1) is 40.0. The molecule has 0 amide bonds. The van der Waals surface area contributed by atoms with Crippen LogP contribution in [-0.4, -0.2) is 26.8 Å². The molecule has 2 aromatic heterocycles. The molecule has 2 atom stereocenters. The van der Waals surface area contributed by atoms with E-state index in [9.17, 15) is 0 Å². The van der Waals surface area contributed by atoms with Gasteiger partial charge in [-0.05, 0) is 87.2 Å². The summed E-state index contributed by atoms with van der Waals surface area (Å²) in [6.45, 7) is 24.6. The van der Waals surface area contributed by atoms with Gasteiger partial charge in [0.25, 0.3) is 0 Å². The molecule has 0 aromatic carbocycles. The number of hydrogen-bond donors (Lipinski definition) is 2. The Labute approximate surface area is 332 Å². The van der Waals surface area contributed by atoms with Crippen molar-refractivity contribution in [1.29, 1.82) is 0 Å². The molecule has 51 heavy (non-hydrogen) atoms. The van der Waals surface area contributed by atoms with Gasteiger partial charge in [-0.2, -0.15) is 0 Å². The van der Waals surface area contributed by atoms with Crippen LogP contribution in [0.4, 0.5) is 0 Å². The second kappa shape index (κ2) is 15.1. The van der Waals surface area contributed by atoms with Gasteiger partial charge in [0.15, 0.2) is 0 Å². The predicted molar refractivity (Wildman–Crippen MR) is 239 cm³/mol. The van der Waals surface area contributed by atoms with Gasteiger partial charge < -0.3 is 0 Å². The van der Waals surface area contributed by atoms with E-state index in [-0.39, 0.29) is 5.41 Å². The molecule has 0 spiro atoms. The van der Waals surface area contributed by atoms with E-state index in [1.165, 1.54) is 119 Å². The smallest absolute Gasteiger partial charge is 0.124 e. The van der Waals surface area contributed by atoms with E-state index < -0.39 is 16.1 Å². The Kier molecular flexibility index (Phi) is 11.9. The lowest BCUT2D eigenvalue weighted by Gasteiger charge is -2.40. The molecule has 2 saturated carbocycles. The van der Waals surface area contributed by atoms with Gasteiger partial charge in [0.1, 0.15) is 16.1 Å². The zero-order valence-electron chi connectivity index (χ0n) is 33.5. The molecule has 6 rings (SSSR count). The van der Waals surface area contributed by atoms with Crippen molar-refractivity contribution in [3.05, 3.63) is 54.4 Å². The van der Waals surface area contributed by atoms with Gasteiger partial charge in [-0.3, -0.25) is 9.98 Å². The van der Waals surface area contributed by atoms with Gasteiger partial charge in [0, 0.05) is 69.6 Å². The Bertz CT molecular complexity index is 1600. The third-order valence-corrected chi connectivity index (χ3v) is 22.9. The maximum atomic E-state index is 5.53. The first-order chi connectivity index (χ1) is 23.9. The maximum Gasteiger partial charge on any atom is 0.124 e. The Morgan fingerprint density at radius 3 is 1.35 bits per heavy atom. The zero-order valence-corrected chi connectivity index (χ0v) is 38.9. The number of nitrogens with zero attached hydrogens (tertiary/aromatic N) is 2. The molecular formula is C43H66N2S4Si2. The van der Waals surface area contributed by atoms with Crippen molar-refractivity contribution < 1.29 is 0 Å². The van der Waals surface area contributed by atoms with Crippen LogP contribution in [-0.2, 0) is 12.8 Å². The molecule has 2 aliphatic carbocycles. The maximum absolute atomic E-state index is 5.53. The zero-order chi connectivity index (χ0) is 37.0. The highest BCUT2D eigenvalue weighted by Gasteiger charge is 2.44. The summed E-state index contributed by atoms with van der Waals surface area (Å²) >= 11 is 14.2. The van der Waals surface area contributed by atoms with Crippen molar-refractivity contribution in [3.63, 3.8) is 0 Å². The molecule has 2 nitrogen and oxygen atoms in total. The molecule has 0 bridgehead atoms. The molecule has 0 N–H and O–H groups in total. The summed E-state index contributed by atoms with van der Waals surface area (Å²) in [7, 11) is -3.68. The van der Waals surface area contributed by atoms with Gasteiger partial charge >= 0.3 is 0 Å². The minimum Gasteiger partial charge on any atom is -0.266 e. The fourth-order valence-electron chi connectivity index (χ4n) is 10.1. The van der Waals surface area contributed by atoms with Crippen LogP contribution >= 0.6 is 47.9 Å². The first-order valence-corrected chi connectivity index (χ1v) is 28.9. The molecule has 2 unspecified atom stereocenters. The van der Waals surface area contributed by atoms with E-state index in [2.05, 4.69) is 91.3 Å². The highest BCUT2D eigenvalue weighted by molar-refractivity contribution is 7.80. The summed E-state index contributed by atoms with van der Waals surface area (Å²) in [6.07, 6.45) is 18.1. The number of thiophene rings is 2. The number of aliphatic imine (C=N–C) groups is 2. The van der Waals surface area contributed by atoms with Crippen LogP contribution in [0.2, 0.25) is 26.2 Å².